The maximum atomic E-state index is 13.4. The van der Waals surface area contributed by atoms with Gasteiger partial charge in [0.2, 0.25) is 21.8 Å². The van der Waals surface area contributed by atoms with Crippen molar-refractivity contribution in [2.75, 3.05) is 23.7 Å². The maximum Gasteiger partial charge on any atom is 0.242 e. The van der Waals surface area contributed by atoms with Gasteiger partial charge in [-0.25, -0.2) is 8.42 Å². The van der Waals surface area contributed by atoms with Crippen molar-refractivity contribution in [3.05, 3.63) is 65.2 Å². The molecule has 0 aliphatic carbocycles. The molecule has 0 spiro atoms. The molecule has 34 heavy (non-hydrogen) atoms. The molecule has 7 nitrogen and oxygen atoms in total. The van der Waals surface area contributed by atoms with Crippen molar-refractivity contribution in [3.63, 3.8) is 0 Å². The quantitative estimate of drug-likeness (QED) is 0.493. The van der Waals surface area contributed by atoms with Crippen LogP contribution < -0.4 is 9.62 Å². The highest BCUT2D eigenvalue weighted by molar-refractivity contribution is 7.92. The van der Waals surface area contributed by atoms with Crippen molar-refractivity contribution in [2.45, 2.75) is 59.5 Å². The van der Waals surface area contributed by atoms with Crippen molar-refractivity contribution >= 4 is 27.5 Å². The summed E-state index contributed by atoms with van der Waals surface area (Å²) >= 11 is 0. The summed E-state index contributed by atoms with van der Waals surface area (Å²) < 4.78 is 26.2. The molecule has 0 saturated carbocycles. The van der Waals surface area contributed by atoms with Crippen LogP contribution in [0.15, 0.2) is 48.5 Å². The Morgan fingerprint density at radius 2 is 1.74 bits per heavy atom. The standard InChI is InChI=1S/C26H37N3O4S/c1-6-24(26(31)27-7-2)28(19-22-14-9-8-13-21(22)4)25(30)16-11-17-29(34(5,32)33)23-15-10-12-20(3)18-23/h8-10,12-15,18,24H,6-7,11,16-17,19H2,1-5H3,(H,27,31)/t24-/m0/s1. The highest BCUT2D eigenvalue weighted by Gasteiger charge is 2.28. The number of aryl methyl sites for hydroxylation is 2. The first kappa shape index (κ1) is 27.4. The fourth-order valence-electron chi connectivity index (χ4n) is 3.97. The molecule has 1 N–H and O–H groups in total. The predicted molar refractivity (Wildman–Crippen MR) is 137 cm³/mol. The zero-order valence-corrected chi connectivity index (χ0v) is 21.7. The molecule has 0 radical (unpaired) electrons. The number of sulfonamides is 1. The Balaban J connectivity index is 2.21. The molecular formula is C26H37N3O4S. The number of hydrogen-bond donors (Lipinski definition) is 1. The van der Waals surface area contributed by atoms with Crippen LogP contribution in [0.5, 0.6) is 0 Å². The zero-order valence-electron chi connectivity index (χ0n) is 20.9. The van der Waals surface area contributed by atoms with Crippen molar-refractivity contribution in [3.8, 4) is 0 Å². The van der Waals surface area contributed by atoms with Crippen LogP contribution in [-0.4, -0.2) is 50.5 Å². The molecule has 8 heteroatoms. The number of benzene rings is 2. The fraction of sp³-hybridized carbons (Fsp3) is 0.462. The van der Waals surface area contributed by atoms with E-state index in [2.05, 4.69) is 5.32 Å². The van der Waals surface area contributed by atoms with Gasteiger partial charge in [0.15, 0.2) is 0 Å². The van der Waals surface area contributed by atoms with Crippen LogP contribution in [0.25, 0.3) is 0 Å². The van der Waals surface area contributed by atoms with Crippen LogP contribution in [0.1, 0.15) is 49.8 Å². The van der Waals surface area contributed by atoms with Crippen molar-refractivity contribution < 1.29 is 18.0 Å². The second kappa shape index (κ2) is 12.6. The van der Waals surface area contributed by atoms with E-state index in [1.54, 1.807) is 11.0 Å². The second-order valence-corrected chi connectivity index (χ2v) is 10.5. The highest BCUT2D eigenvalue weighted by Crippen LogP contribution is 2.21. The molecule has 1 atom stereocenters. The summed E-state index contributed by atoms with van der Waals surface area (Å²) in [5, 5.41) is 2.83. The number of rotatable bonds is 12. The maximum absolute atomic E-state index is 13.4. The molecule has 0 bridgehead atoms. The van der Waals surface area contributed by atoms with E-state index in [1.807, 2.05) is 70.2 Å². The van der Waals surface area contributed by atoms with Gasteiger partial charge >= 0.3 is 0 Å². The van der Waals surface area contributed by atoms with E-state index >= 15 is 0 Å². The Kier molecular flexibility index (Phi) is 10.1. The van der Waals surface area contributed by atoms with Gasteiger partial charge in [-0.3, -0.25) is 13.9 Å². The summed E-state index contributed by atoms with van der Waals surface area (Å²) in [6.45, 7) is 8.63. The monoisotopic (exact) mass is 487 g/mol. The van der Waals surface area contributed by atoms with Gasteiger partial charge < -0.3 is 10.2 Å². The average Bonchev–Trinajstić information content (AvgIpc) is 2.77. The average molecular weight is 488 g/mol. The first-order valence-corrected chi connectivity index (χ1v) is 13.6. The van der Waals surface area contributed by atoms with E-state index in [4.69, 9.17) is 0 Å². The van der Waals surface area contributed by atoms with Gasteiger partial charge in [-0.15, -0.1) is 0 Å². The first-order valence-electron chi connectivity index (χ1n) is 11.7. The Hall–Kier alpha value is -2.87. The molecule has 2 aromatic carbocycles. The molecule has 2 aromatic rings. The zero-order chi connectivity index (χ0) is 25.3. The van der Waals surface area contributed by atoms with Crippen LogP contribution >= 0.6 is 0 Å². The lowest BCUT2D eigenvalue weighted by atomic mass is 10.1. The number of anilines is 1. The van der Waals surface area contributed by atoms with Crippen LogP contribution in [0.2, 0.25) is 0 Å². The van der Waals surface area contributed by atoms with Crippen molar-refractivity contribution in [2.24, 2.45) is 0 Å². The summed E-state index contributed by atoms with van der Waals surface area (Å²) in [5.74, 6) is -0.344. The normalized spacial score (nSPS) is 12.1. The SMILES string of the molecule is CCNC(=O)[C@H](CC)N(Cc1ccccc1C)C(=O)CCCN(c1cccc(C)c1)S(C)(=O)=O. The molecule has 2 rings (SSSR count). The largest absolute Gasteiger partial charge is 0.355 e. The topological polar surface area (TPSA) is 86.8 Å². The number of carbonyl (C=O) groups is 2. The van der Waals surface area contributed by atoms with E-state index in [9.17, 15) is 18.0 Å². The van der Waals surface area contributed by atoms with Crippen LogP contribution in [-0.2, 0) is 26.2 Å². The molecule has 0 aromatic heterocycles. The number of carbonyl (C=O) groups excluding carboxylic acids is 2. The second-order valence-electron chi connectivity index (χ2n) is 8.54. The third-order valence-electron chi connectivity index (χ3n) is 5.78. The number of hydrogen-bond acceptors (Lipinski definition) is 4. The third-order valence-corrected chi connectivity index (χ3v) is 6.97. The Morgan fingerprint density at radius 3 is 2.32 bits per heavy atom. The smallest absolute Gasteiger partial charge is 0.242 e. The molecule has 0 saturated heterocycles. The van der Waals surface area contributed by atoms with Crippen LogP contribution in [0.4, 0.5) is 5.69 Å². The molecule has 0 aliphatic heterocycles. The minimum absolute atomic E-state index is 0.139. The lowest BCUT2D eigenvalue weighted by molar-refractivity contribution is -0.141. The minimum atomic E-state index is -3.50. The fourth-order valence-corrected chi connectivity index (χ4v) is 4.93. The van der Waals surface area contributed by atoms with E-state index in [1.165, 1.54) is 10.6 Å². The summed E-state index contributed by atoms with van der Waals surface area (Å²) in [4.78, 5) is 27.7. The minimum Gasteiger partial charge on any atom is -0.355 e. The highest BCUT2D eigenvalue weighted by atomic mass is 32.2. The van der Waals surface area contributed by atoms with E-state index < -0.39 is 16.1 Å². The number of amides is 2. The van der Waals surface area contributed by atoms with Crippen LogP contribution in [0.3, 0.4) is 0 Å². The lowest BCUT2D eigenvalue weighted by Crippen LogP contribution is -2.49. The van der Waals surface area contributed by atoms with Gasteiger partial charge in [-0.05, 0) is 62.4 Å². The molecule has 0 heterocycles. The van der Waals surface area contributed by atoms with Gasteiger partial charge in [0.1, 0.15) is 6.04 Å². The molecule has 2 amide bonds. The van der Waals surface area contributed by atoms with Gasteiger partial charge in [-0.2, -0.15) is 0 Å². The van der Waals surface area contributed by atoms with Gasteiger partial charge in [-0.1, -0.05) is 43.3 Å². The van der Waals surface area contributed by atoms with E-state index in [0.717, 1.165) is 16.7 Å². The summed E-state index contributed by atoms with van der Waals surface area (Å²) in [7, 11) is -3.50. The third kappa shape index (κ3) is 7.58. The van der Waals surface area contributed by atoms with Crippen molar-refractivity contribution in [1.82, 2.24) is 10.2 Å². The Labute approximate surface area is 204 Å². The van der Waals surface area contributed by atoms with Crippen molar-refractivity contribution in [1.29, 1.82) is 0 Å². The predicted octanol–water partition coefficient (Wildman–Crippen LogP) is 3.79. The first-order chi connectivity index (χ1) is 16.1. The number of nitrogens with zero attached hydrogens (tertiary/aromatic N) is 2. The molecule has 0 unspecified atom stereocenters. The van der Waals surface area contributed by atoms with Crippen LogP contribution in [0, 0.1) is 13.8 Å². The molecule has 186 valence electrons. The summed E-state index contributed by atoms with van der Waals surface area (Å²) in [6.07, 6.45) is 2.14. The van der Waals surface area contributed by atoms with Gasteiger partial charge in [0.25, 0.3) is 0 Å². The molecule has 0 aliphatic rings. The Morgan fingerprint density at radius 1 is 1.03 bits per heavy atom. The Bertz CT molecular complexity index is 1080. The number of likely N-dealkylation sites (N-methyl/N-ethyl adjacent to an activating group) is 1. The van der Waals surface area contributed by atoms with Gasteiger partial charge in [0.05, 0.1) is 11.9 Å². The van der Waals surface area contributed by atoms with E-state index in [-0.39, 0.29) is 24.8 Å². The van der Waals surface area contributed by atoms with Gasteiger partial charge in [0, 0.05) is 26.1 Å². The van der Waals surface area contributed by atoms with E-state index in [0.29, 0.717) is 31.6 Å². The summed E-state index contributed by atoms with van der Waals surface area (Å²) in [6, 6.07) is 14.5. The summed E-state index contributed by atoms with van der Waals surface area (Å²) in [5.41, 5.74) is 3.57. The number of nitrogens with one attached hydrogen (secondary N) is 1. The molecular weight excluding hydrogens is 450 g/mol. The molecule has 0 fully saturated rings. The lowest BCUT2D eigenvalue weighted by Gasteiger charge is -2.31.